The molecule has 0 saturated carbocycles. The van der Waals surface area contributed by atoms with Crippen molar-refractivity contribution in [3.8, 4) is 0 Å². The maximum absolute atomic E-state index is 5.76. The summed E-state index contributed by atoms with van der Waals surface area (Å²) >= 11 is 7.49. The predicted molar refractivity (Wildman–Crippen MR) is 81.1 cm³/mol. The van der Waals surface area contributed by atoms with Crippen LogP contribution in [0.3, 0.4) is 0 Å². The Morgan fingerprint density at radius 3 is 3.21 bits per heavy atom. The van der Waals surface area contributed by atoms with E-state index in [9.17, 15) is 0 Å². The van der Waals surface area contributed by atoms with Gasteiger partial charge in [0.1, 0.15) is 0 Å². The van der Waals surface area contributed by atoms with Crippen molar-refractivity contribution in [3.63, 3.8) is 0 Å². The average molecular weight is 303 g/mol. The van der Waals surface area contributed by atoms with Gasteiger partial charge < -0.3 is 9.64 Å². The molecule has 108 valence electrons. The molecule has 1 fully saturated rings. The second kappa shape index (κ2) is 8.20. The summed E-state index contributed by atoms with van der Waals surface area (Å²) in [5.74, 6) is 0.526. The number of alkyl halides is 1. The molecule has 1 aromatic rings. The number of nitrogens with zero attached hydrogens (tertiary/aromatic N) is 2. The van der Waals surface area contributed by atoms with Crippen LogP contribution in [0.25, 0.3) is 0 Å². The average Bonchev–Trinajstić information content (AvgIpc) is 2.88. The van der Waals surface area contributed by atoms with Crippen LogP contribution in [0.4, 0.5) is 0 Å². The van der Waals surface area contributed by atoms with E-state index in [1.165, 1.54) is 30.8 Å². The molecule has 1 aromatic heterocycles. The van der Waals surface area contributed by atoms with Crippen LogP contribution in [0.2, 0.25) is 0 Å². The van der Waals surface area contributed by atoms with Crippen molar-refractivity contribution in [2.45, 2.75) is 44.6 Å². The molecule has 3 nitrogen and oxygen atoms in total. The second-order valence-corrected chi connectivity index (χ2v) is 6.20. The quantitative estimate of drug-likeness (QED) is 0.723. The molecule has 0 radical (unpaired) electrons. The molecule has 2 rings (SSSR count). The number of ether oxygens (including phenoxy) is 1. The Labute approximate surface area is 124 Å². The van der Waals surface area contributed by atoms with Gasteiger partial charge in [0.2, 0.25) is 0 Å². The number of hydrogen-bond acceptors (Lipinski definition) is 4. The molecular weight excluding hydrogens is 280 g/mol. The third-order valence-corrected chi connectivity index (χ3v) is 4.70. The van der Waals surface area contributed by atoms with Crippen molar-refractivity contribution in [2.75, 3.05) is 26.2 Å². The minimum atomic E-state index is 0.446. The van der Waals surface area contributed by atoms with Crippen LogP contribution in [0.5, 0.6) is 0 Å². The topological polar surface area (TPSA) is 25.4 Å². The van der Waals surface area contributed by atoms with E-state index in [-0.39, 0.29) is 0 Å². The van der Waals surface area contributed by atoms with Gasteiger partial charge in [0.05, 0.1) is 22.7 Å². The van der Waals surface area contributed by atoms with Crippen molar-refractivity contribution in [3.05, 3.63) is 16.1 Å². The van der Waals surface area contributed by atoms with Crippen molar-refractivity contribution in [1.82, 2.24) is 9.88 Å². The lowest BCUT2D eigenvalue weighted by Gasteiger charge is -2.32. The first-order valence-electron chi connectivity index (χ1n) is 7.15. The fourth-order valence-electron chi connectivity index (χ4n) is 2.57. The van der Waals surface area contributed by atoms with E-state index in [0.717, 1.165) is 31.8 Å². The first-order chi connectivity index (χ1) is 9.31. The molecule has 0 N–H and O–H groups in total. The summed E-state index contributed by atoms with van der Waals surface area (Å²) < 4.78 is 5.73. The normalized spacial score (nSPS) is 20.8. The zero-order chi connectivity index (χ0) is 13.5. The monoisotopic (exact) mass is 302 g/mol. The number of likely N-dealkylation sites (tertiary alicyclic amines) is 1. The summed E-state index contributed by atoms with van der Waals surface area (Å²) in [6.07, 6.45) is 5.17. The van der Waals surface area contributed by atoms with E-state index >= 15 is 0 Å². The number of hydrogen-bond donors (Lipinski definition) is 0. The lowest BCUT2D eigenvalue weighted by molar-refractivity contribution is 0.00577. The van der Waals surface area contributed by atoms with Crippen molar-refractivity contribution < 1.29 is 4.74 Å². The zero-order valence-corrected chi connectivity index (χ0v) is 13.2. The van der Waals surface area contributed by atoms with E-state index in [1.807, 2.05) is 0 Å². The molecule has 0 aliphatic carbocycles. The van der Waals surface area contributed by atoms with E-state index in [1.54, 1.807) is 11.3 Å². The van der Waals surface area contributed by atoms with Gasteiger partial charge in [-0.05, 0) is 39.3 Å². The van der Waals surface area contributed by atoms with Crippen LogP contribution >= 0.6 is 22.9 Å². The van der Waals surface area contributed by atoms with Crippen LogP contribution in [0.15, 0.2) is 5.38 Å². The smallest absolute Gasteiger partial charge is 0.0929 e. The summed E-state index contributed by atoms with van der Waals surface area (Å²) in [5, 5.41) is 3.28. The molecule has 1 unspecified atom stereocenters. The molecule has 0 amide bonds. The Balaban J connectivity index is 1.67. The highest BCUT2D eigenvalue weighted by molar-refractivity contribution is 7.09. The van der Waals surface area contributed by atoms with Crippen molar-refractivity contribution in [1.29, 1.82) is 0 Å². The molecule has 1 saturated heterocycles. The molecule has 0 spiro atoms. The van der Waals surface area contributed by atoms with Crippen LogP contribution in [-0.4, -0.2) is 42.2 Å². The van der Waals surface area contributed by atoms with E-state index < -0.39 is 0 Å². The first kappa shape index (κ1) is 15.2. The van der Waals surface area contributed by atoms with Gasteiger partial charge in [0.15, 0.2) is 0 Å². The van der Waals surface area contributed by atoms with Gasteiger partial charge in [-0.3, -0.25) is 0 Å². The lowest BCUT2D eigenvalue weighted by Crippen LogP contribution is -2.40. The van der Waals surface area contributed by atoms with E-state index in [0.29, 0.717) is 12.0 Å². The van der Waals surface area contributed by atoms with Gasteiger partial charge in [-0.15, -0.1) is 22.9 Å². The molecule has 2 heterocycles. The SMILES string of the molecule is CCOC1CCCN(CCCc2nc(CCl)cs2)C1. The van der Waals surface area contributed by atoms with Crippen molar-refractivity contribution in [2.24, 2.45) is 0 Å². The summed E-state index contributed by atoms with van der Waals surface area (Å²) in [4.78, 5) is 7.03. The van der Waals surface area contributed by atoms with Gasteiger partial charge >= 0.3 is 0 Å². The second-order valence-electron chi connectivity index (χ2n) is 4.99. The standard InChI is InChI=1S/C14H23ClN2OS/c1-2-18-13-5-3-7-17(10-13)8-4-6-14-16-12(9-15)11-19-14/h11,13H,2-10H2,1H3. The Morgan fingerprint density at radius 1 is 1.58 bits per heavy atom. The number of halogens is 1. The van der Waals surface area contributed by atoms with Gasteiger partial charge in [0, 0.05) is 25.0 Å². The fourth-order valence-corrected chi connectivity index (χ4v) is 3.64. The molecule has 1 atom stereocenters. The lowest BCUT2D eigenvalue weighted by atomic mass is 10.1. The van der Waals surface area contributed by atoms with Crippen molar-refractivity contribution >= 4 is 22.9 Å². The number of rotatable bonds is 7. The predicted octanol–water partition coefficient (Wildman–Crippen LogP) is 3.32. The Hall–Kier alpha value is -0.160. The summed E-state index contributed by atoms with van der Waals surface area (Å²) in [6.45, 7) is 6.38. The molecule has 1 aliphatic heterocycles. The highest BCUT2D eigenvalue weighted by Gasteiger charge is 2.19. The zero-order valence-electron chi connectivity index (χ0n) is 11.6. The van der Waals surface area contributed by atoms with E-state index in [4.69, 9.17) is 16.3 Å². The Morgan fingerprint density at radius 2 is 2.47 bits per heavy atom. The maximum atomic E-state index is 5.76. The van der Waals surface area contributed by atoms with Gasteiger partial charge in [-0.2, -0.15) is 0 Å². The summed E-state index contributed by atoms with van der Waals surface area (Å²) in [5.41, 5.74) is 1.01. The third kappa shape index (κ3) is 5.03. The molecule has 1 aliphatic rings. The number of aromatic nitrogens is 1. The molecular formula is C14H23ClN2OS. The molecule has 5 heteroatoms. The first-order valence-corrected chi connectivity index (χ1v) is 8.56. The van der Waals surface area contributed by atoms with E-state index in [2.05, 4.69) is 22.2 Å². The number of aryl methyl sites for hydroxylation is 1. The van der Waals surface area contributed by atoms with Crippen LogP contribution in [-0.2, 0) is 17.0 Å². The van der Waals surface area contributed by atoms with Crippen LogP contribution in [0.1, 0.15) is 36.9 Å². The van der Waals surface area contributed by atoms with Gasteiger partial charge in [0.25, 0.3) is 0 Å². The highest BCUT2D eigenvalue weighted by atomic mass is 35.5. The Bertz CT molecular complexity index is 370. The number of thiazole rings is 1. The minimum absolute atomic E-state index is 0.446. The summed E-state index contributed by atoms with van der Waals surface area (Å²) in [7, 11) is 0. The Kier molecular flexibility index (Phi) is 6.57. The molecule has 0 aromatic carbocycles. The number of piperidine rings is 1. The summed E-state index contributed by atoms with van der Waals surface area (Å²) in [6, 6.07) is 0. The van der Waals surface area contributed by atoms with Crippen LogP contribution < -0.4 is 0 Å². The largest absolute Gasteiger partial charge is 0.377 e. The minimum Gasteiger partial charge on any atom is -0.377 e. The maximum Gasteiger partial charge on any atom is 0.0929 e. The fraction of sp³-hybridized carbons (Fsp3) is 0.786. The highest BCUT2D eigenvalue weighted by Crippen LogP contribution is 2.16. The molecule has 19 heavy (non-hydrogen) atoms. The van der Waals surface area contributed by atoms with Crippen LogP contribution in [0, 0.1) is 0 Å². The molecule has 0 bridgehead atoms. The third-order valence-electron chi connectivity index (χ3n) is 3.47. The van der Waals surface area contributed by atoms with Gasteiger partial charge in [-0.25, -0.2) is 4.98 Å². The van der Waals surface area contributed by atoms with Gasteiger partial charge in [-0.1, -0.05) is 0 Å².